The van der Waals surface area contributed by atoms with Crippen LogP contribution in [0.5, 0.6) is 0 Å². The summed E-state index contributed by atoms with van der Waals surface area (Å²) in [5.41, 5.74) is 0. The van der Waals surface area contributed by atoms with E-state index in [1.54, 1.807) is 0 Å². The number of alkyl halides is 1. The first-order valence-electron chi connectivity index (χ1n) is 3.04. The highest BCUT2D eigenvalue weighted by Crippen LogP contribution is 1.94. The van der Waals surface area contributed by atoms with Crippen LogP contribution in [-0.2, 0) is 4.79 Å². The zero-order valence-corrected chi connectivity index (χ0v) is 7.97. The lowest BCUT2D eigenvalue weighted by Gasteiger charge is -2.11. The molecular formula is C4H6BrN3O5. The summed E-state index contributed by atoms with van der Waals surface area (Å²) in [4.78, 5) is 29.8. The van der Waals surface area contributed by atoms with Gasteiger partial charge in [-0.25, -0.2) is 4.90 Å². The summed E-state index contributed by atoms with van der Waals surface area (Å²) < 4.78 is 0. The SMILES string of the molecule is O=C(CBr)N(C[N+](=O)[O-])C[N+](=O)[O-]. The van der Waals surface area contributed by atoms with Gasteiger partial charge in [0.25, 0.3) is 13.3 Å². The van der Waals surface area contributed by atoms with E-state index in [-0.39, 0.29) is 5.33 Å². The van der Waals surface area contributed by atoms with Crippen molar-refractivity contribution in [2.45, 2.75) is 0 Å². The molecule has 0 heterocycles. The average Bonchev–Trinajstić information content (AvgIpc) is 2.00. The Morgan fingerprint density at radius 1 is 1.23 bits per heavy atom. The lowest BCUT2D eigenvalue weighted by atomic mass is 10.6. The molecule has 0 spiro atoms. The summed E-state index contributed by atoms with van der Waals surface area (Å²) in [6.07, 6.45) is 0. The first kappa shape index (κ1) is 11.8. The lowest BCUT2D eigenvalue weighted by molar-refractivity contribution is -0.544. The summed E-state index contributed by atoms with van der Waals surface area (Å²) in [5, 5.41) is 19.8. The molecule has 0 aliphatic rings. The monoisotopic (exact) mass is 255 g/mol. The van der Waals surface area contributed by atoms with Gasteiger partial charge in [-0.05, 0) is 0 Å². The zero-order chi connectivity index (χ0) is 10.4. The van der Waals surface area contributed by atoms with Gasteiger partial charge in [0.1, 0.15) is 0 Å². The van der Waals surface area contributed by atoms with Crippen molar-refractivity contribution in [3.8, 4) is 0 Å². The van der Waals surface area contributed by atoms with Crippen LogP contribution in [0.25, 0.3) is 0 Å². The molecule has 0 rings (SSSR count). The zero-order valence-electron chi connectivity index (χ0n) is 6.38. The van der Waals surface area contributed by atoms with Crippen molar-refractivity contribution in [2.75, 3.05) is 18.7 Å². The molecule has 0 aliphatic heterocycles. The van der Waals surface area contributed by atoms with Crippen LogP contribution in [0.15, 0.2) is 0 Å². The Bertz CT molecular complexity index is 216. The van der Waals surface area contributed by atoms with Crippen LogP contribution in [0.1, 0.15) is 0 Å². The number of nitrogens with zero attached hydrogens (tertiary/aromatic N) is 3. The Kier molecular flexibility index (Phi) is 4.89. The van der Waals surface area contributed by atoms with Crippen molar-refractivity contribution in [1.29, 1.82) is 0 Å². The second-order valence-corrected chi connectivity index (χ2v) is 2.58. The van der Waals surface area contributed by atoms with Crippen molar-refractivity contribution >= 4 is 21.8 Å². The molecule has 0 fully saturated rings. The van der Waals surface area contributed by atoms with E-state index in [0.717, 1.165) is 0 Å². The van der Waals surface area contributed by atoms with Crippen molar-refractivity contribution in [1.82, 2.24) is 4.90 Å². The number of carbonyl (C=O) groups is 1. The highest BCUT2D eigenvalue weighted by molar-refractivity contribution is 9.09. The molecule has 0 radical (unpaired) electrons. The van der Waals surface area contributed by atoms with Gasteiger partial charge in [0.05, 0.1) is 5.33 Å². The van der Waals surface area contributed by atoms with E-state index in [1.807, 2.05) is 0 Å². The molecule has 0 N–H and O–H groups in total. The molecule has 0 saturated carbocycles. The molecule has 0 aromatic carbocycles. The fraction of sp³-hybridized carbons (Fsp3) is 0.750. The molecule has 1 amide bonds. The number of hydrogen-bond acceptors (Lipinski definition) is 5. The number of amides is 1. The molecule has 13 heavy (non-hydrogen) atoms. The molecule has 74 valence electrons. The maximum Gasteiger partial charge on any atom is 0.284 e. The standard InChI is InChI=1S/C4H6BrN3O5/c5-1-4(9)6(2-7(10)11)3-8(12)13/h1-3H2. The van der Waals surface area contributed by atoms with E-state index >= 15 is 0 Å². The van der Waals surface area contributed by atoms with Crippen LogP contribution >= 0.6 is 15.9 Å². The molecule has 0 aromatic heterocycles. The van der Waals surface area contributed by atoms with E-state index in [4.69, 9.17) is 0 Å². The Hall–Kier alpha value is -1.25. The topological polar surface area (TPSA) is 107 Å². The Morgan fingerprint density at radius 3 is 1.85 bits per heavy atom. The third-order valence-electron chi connectivity index (χ3n) is 1.04. The van der Waals surface area contributed by atoms with Crippen molar-refractivity contribution < 1.29 is 14.6 Å². The van der Waals surface area contributed by atoms with Gasteiger partial charge in [0, 0.05) is 9.85 Å². The molecule has 8 nitrogen and oxygen atoms in total. The molecule has 0 aliphatic carbocycles. The third-order valence-corrected chi connectivity index (χ3v) is 1.52. The van der Waals surface area contributed by atoms with Gasteiger partial charge >= 0.3 is 0 Å². The smallest absolute Gasteiger partial charge is 0.274 e. The van der Waals surface area contributed by atoms with Gasteiger partial charge in [-0.2, -0.15) is 0 Å². The highest BCUT2D eigenvalue weighted by Gasteiger charge is 2.21. The van der Waals surface area contributed by atoms with E-state index in [0.29, 0.717) is 4.90 Å². The van der Waals surface area contributed by atoms with Gasteiger partial charge < -0.3 is 0 Å². The number of nitro groups is 2. The van der Waals surface area contributed by atoms with E-state index < -0.39 is 29.1 Å². The largest absolute Gasteiger partial charge is 0.284 e. The molecule has 0 aromatic rings. The molecule has 0 bridgehead atoms. The molecule has 0 saturated heterocycles. The van der Waals surface area contributed by atoms with Crippen LogP contribution < -0.4 is 0 Å². The number of hydrogen-bond donors (Lipinski definition) is 0. The van der Waals surface area contributed by atoms with E-state index in [1.165, 1.54) is 0 Å². The summed E-state index contributed by atoms with van der Waals surface area (Å²) >= 11 is 2.76. The average molecular weight is 256 g/mol. The van der Waals surface area contributed by atoms with Crippen molar-refractivity contribution in [2.24, 2.45) is 0 Å². The first-order valence-corrected chi connectivity index (χ1v) is 4.17. The highest BCUT2D eigenvalue weighted by atomic mass is 79.9. The summed E-state index contributed by atoms with van der Waals surface area (Å²) in [5.74, 6) is -0.687. The fourth-order valence-electron chi connectivity index (χ4n) is 0.566. The minimum Gasteiger partial charge on any atom is -0.274 e. The molecular weight excluding hydrogens is 250 g/mol. The van der Waals surface area contributed by atoms with Gasteiger partial charge in [0.2, 0.25) is 5.91 Å². The summed E-state index contributed by atoms with van der Waals surface area (Å²) in [6, 6.07) is 0. The third kappa shape index (κ3) is 5.06. The molecule has 0 atom stereocenters. The molecule has 9 heteroatoms. The van der Waals surface area contributed by atoms with Gasteiger partial charge in [0.15, 0.2) is 0 Å². The number of rotatable bonds is 5. The minimum absolute atomic E-state index is 0.172. The van der Waals surface area contributed by atoms with Crippen molar-refractivity contribution in [3.63, 3.8) is 0 Å². The predicted molar refractivity (Wildman–Crippen MR) is 44.4 cm³/mol. The van der Waals surface area contributed by atoms with Gasteiger partial charge in [-0.1, -0.05) is 15.9 Å². The maximum absolute atomic E-state index is 10.9. The normalized spacial score (nSPS) is 9.31. The number of carbonyl (C=O) groups excluding carboxylic acids is 1. The maximum atomic E-state index is 10.9. The second-order valence-electron chi connectivity index (χ2n) is 2.02. The van der Waals surface area contributed by atoms with Crippen LogP contribution in [0.2, 0.25) is 0 Å². The van der Waals surface area contributed by atoms with E-state index in [2.05, 4.69) is 15.9 Å². The van der Waals surface area contributed by atoms with E-state index in [9.17, 15) is 25.0 Å². The minimum atomic E-state index is -0.856. The summed E-state index contributed by atoms with van der Waals surface area (Å²) in [7, 11) is 0. The van der Waals surface area contributed by atoms with Gasteiger partial charge in [-0.15, -0.1) is 0 Å². The summed E-state index contributed by atoms with van der Waals surface area (Å²) in [6.45, 7) is -1.71. The second kappa shape index (κ2) is 5.41. The van der Waals surface area contributed by atoms with Crippen LogP contribution in [0, 0.1) is 20.2 Å². The van der Waals surface area contributed by atoms with Crippen LogP contribution in [0.3, 0.4) is 0 Å². The number of halogens is 1. The Morgan fingerprint density at radius 2 is 1.62 bits per heavy atom. The lowest BCUT2D eigenvalue weighted by Crippen LogP contribution is -2.39. The van der Waals surface area contributed by atoms with Crippen LogP contribution in [0.4, 0.5) is 0 Å². The van der Waals surface area contributed by atoms with Crippen molar-refractivity contribution in [3.05, 3.63) is 20.2 Å². The quantitative estimate of drug-likeness (QED) is 0.290. The molecule has 0 unspecified atom stereocenters. The Labute approximate surface area is 80.9 Å². The Balaban J connectivity index is 4.26. The fourth-order valence-corrected chi connectivity index (χ4v) is 0.920. The van der Waals surface area contributed by atoms with Gasteiger partial charge in [-0.3, -0.25) is 25.0 Å². The first-order chi connectivity index (χ1) is 5.97. The van der Waals surface area contributed by atoms with Crippen LogP contribution in [-0.4, -0.2) is 39.3 Å². The predicted octanol–water partition coefficient (Wildman–Crippen LogP) is -0.322.